The third-order valence-electron chi connectivity index (χ3n) is 5.10. The average Bonchev–Trinajstić information content (AvgIpc) is 3.50. The number of likely N-dealkylation sites (tertiary alicyclic amines) is 1. The first-order chi connectivity index (χ1) is 13.6. The summed E-state index contributed by atoms with van der Waals surface area (Å²) in [6, 6.07) is 11.1. The number of rotatable bonds is 5. The van der Waals surface area contributed by atoms with Crippen LogP contribution < -0.4 is 5.32 Å². The van der Waals surface area contributed by atoms with Crippen LogP contribution in [0.3, 0.4) is 0 Å². The Morgan fingerprint density at radius 3 is 2.75 bits per heavy atom. The molecule has 0 spiro atoms. The maximum atomic E-state index is 12.9. The van der Waals surface area contributed by atoms with Crippen molar-refractivity contribution in [2.24, 2.45) is 0 Å². The van der Waals surface area contributed by atoms with E-state index in [1.54, 1.807) is 17.4 Å². The van der Waals surface area contributed by atoms with Crippen LogP contribution in [0.25, 0.3) is 5.69 Å². The van der Waals surface area contributed by atoms with Crippen molar-refractivity contribution in [1.29, 1.82) is 0 Å². The molecule has 1 N–H and O–H groups in total. The first-order valence-electron chi connectivity index (χ1n) is 9.36. The van der Waals surface area contributed by atoms with Crippen LogP contribution in [0.4, 0.5) is 0 Å². The predicted octanol–water partition coefficient (Wildman–Crippen LogP) is 3.42. The van der Waals surface area contributed by atoms with E-state index in [1.165, 1.54) is 11.3 Å². The summed E-state index contributed by atoms with van der Waals surface area (Å²) in [4.78, 5) is 32.0. The topological polar surface area (TPSA) is 67.2 Å². The predicted molar refractivity (Wildman–Crippen MR) is 108 cm³/mol. The number of nitrogens with one attached hydrogen (secondary N) is 1. The lowest BCUT2D eigenvalue weighted by molar-refractivity contribution is -0.125. The van der Waals surface area contributed by atoms with Gasteiger partial charge in [0.1, 0.15) is 6.04 Å². The lowest BCUT2D eigenvalue weighted by Gasteiger charge is -2.25. The molecule has 1 aliphatic rings. The minimum absolute atomic E-state index is 0.0509. The Bertz CT molecular complexity index is 935. The molecule has 2 atom stereocenters. The van der Waals surface area contributed by atoms with E-state index >= 15 is 0 Å². The highest BCUT2D eigenvalue weighted by Gasteiger charge is 2.35. The highest BCUT2D eigenvalue weighted by Crippen LogP contribution is 2.23. The monoisotopic (exact) mass is 394 g/mol. The Balaban J connectivity index is 1.41. The highest BCUT2D eigenvalue weighted by atomic mass is 32.1. The normalized spacial score (nSPS) is 17.5. The van der Waals surface area contributed by atoms with Crippen LogP contribution in [0.15, 0.2) is 60.5 Å². The van der Waals surface area contributed by atoms with Gasteiger partial charge in [-0.25, -0.2) is 4.98 Å². The molecule has 2 unspecified atom stereocenters. The summed E-state index contributed by atoms with van der Waals surface area (Å²) in [6.07, 6.45) is 6.93. The van der Waals surface area contributed by atoms with Crippen LogP contribution in [0.5, 0.6) is 0 Å². The molecule has 0 radical (unpaired) electrons. The summed E-state index contributed by atoms with van der Waals surface area (Å²) < 4.78 is 1.93. The molecular weight excluding hydrogens is 372 g/mol. The molecule has 1 aromatic carbocycles. The molecule has 1 aliphatic heterocycles. The van der Waals surface area contributed by atoms with Crippen LogP contribution in [0, 0.1) is 0 Å². The Morgan fingerprint density at radius 2 is 2.07 bits per heavy atom. The SMILES string of the molecule is CC(NC(=O)C1CCCN1C(=O)c1cccs1)c1ccc(-n2ccnc2)cc1. The minimum atomic E-state index is -0.401. The van der Waals surface area contributed by atoms with Crippen LogP contribution >= 0.6 is 11.3 Å². The van der Waals surface area contributed by atoms with Gasteiger partial charge >= 0.3 is 0 Å². The summed E-state index contributed by atoms with van der Waals surface area (Å²) in [5.74, 6) is -0.140. The number of amides is 2. The van der Waals surface area contributed by atoms with Gasteiger partial charge in [0.2, 0.25) is 5.91 Å². The largest absolute Gasteiger partial charge is 0.348 e. The highest BCUT2D eigenvalue weighted by molar-refractivity contribution is 7.12. The number of carbonyl (C=O) groups excluding carboxylic acids is 2. The number of carbonyl (C=O) groups is 2. The summed E-state index contributed by atoms with van der Waals surface area (Å²) >= 11 is 1.41. The van der Waals surface area contributed by atoms with Crippen molar-refractivity contribution in [2.75, 3.05) is 6.54 Å². The second-order valence-electron chi connectivity index (χ2n) is 6.93. The first kappa shape index (κ1) is 18.4. The van der Waals surface area contributed by atoms with Gasteiger partial charge in [-0.1, -0.05) is 18.2 Å². The molecule has 1 saturated heterocycles. The molecule has 6 nitrogen and oxygen atoms in total. The van der Waals surface area contributed by atoms with Gasteiger partial charge in [0.15, 0.2) is 0 Å². The lowest BCUT2D eigenvalue weighted by atomic mass is 10.1. The fourth-order valence-corrected chi connectivity index (χ4v) is 4.24. The molecular formula is C21H22N4O2S. The molecule has 3 aromatic rings. The van der Waals surface area contributed by atoms with Crippen molar-refractivity contribution in [2.45, 2.75) is 31.8 Å². The van der Waals surface area contributed by atoms with E-state index in [0.29, 0.717) is 17.8 Å². The average molecular weight is 395 g/mol. The number of nitrogens with zero attached hydrogens (tertiary/aromatic N) is 3. The summed E-state index contributed by atoms with van der Waals surface area (Å²) in [5, 5.41) is 4.96. The standard InChI is InChI=1S/C21H22N4O2S/c1-15(16-6-8-17(9-7-16)24-12-10-22-14-24)23-20(26)18-4-2-11-25(18)21(27)19-5-3-13-28-19/h3,5-10,12-15,18H,2,4,11H2,1H3,(H,23,26). The quantitative estimate of drug-likeness (QED) is 0.721. The molecule has 144 valence electrons. The fraction of sp³-hybridized carbons (Fsp3) is 0.286. The van der Waals surface area contributed by atoms with Crippen LogP contribution in [0.2, 0.25) is 0 Å². The van der Waals surface area contributed by atoms with E-state index < -0.39 is 6.04 Å². The van der Waals surface area contributed by atoms with Crippen molar-refractivity contribution in [3.63, 3.8) is 0 Å². The van der Waals surface area contributed by atoms with Gasteiger partial charge in [-0.05, 0) is 48.9 Å². The van der Waals surface area contributed by atoms with E-state index in [2.05, 4.69) is 10.3 Å². The van der Waals surface area contributed by atoms with E-state index in [9.17, 15) is 9.59 Å². The molecule has 0 aliphatic carbocycles. The number of benzene rings is 1. The number of hydrogen-bond acceptors (Lipinski definition) is 4. The van der Waals surface area contributed by atoms with Gasteiger partial charge < -0.3 is 14.8 Å². The Hall–Kier alpha value is -2.93. The molecule has 2 aromatic heterocycles. The van der Waals surface area contributed by atoms with Crippen molar-refractivity contribution in [3.05, 3.63) is 70.9 Å². The van der Waals surface area contributed by atoms with E-state index in [-0.39, 0.29) is 17.9 Å². The summed E-state index contributed by atoms with van der Waals surface area (Å²) in [5.41, 5.74) is 2.04. The van der Waals surface area contributed by atoms with Crippen LogP contribution in [-0.2, 0) is 4.79 Å². The van der Waals surface area contributed by atoms with E-state index in [0.717, 1.165) is 17.7 Å². The smallest absolute Gasteiger partial charge is 0.264 e. The molecule has 1 fully saturated rings. The maximum absolute atomic E-state index is 12.9. The number of hydrogen-bond donors (Lipinski definition) is 1. The number of thiophene rings is 1. The van der Waals surface area contributed by atoms with Crippen LogP contribution in [0.1, 0.15) is 41.0 Å². The van der Waals surface area contributed by atoms with E-state index in [4.69, 9.17) is 0 Å². The van der Waals surface area contributed by atoms with E-state index in [1.807, 2.05) is 59.5 Å². The zero-order chi connectivity index (χ0) is 19.5. The second-order valence-corrected chi connectivity index (χ2v) is 7.87. The van der Waals surface area contributed by atoms with Crippen molar-refractivity contribution in [3.8, 4) is 5.69 Å². The van der Waals surface area contributed by atoms with Gasteiger partial charge in [-0.3, -0.25) is 9.59 Å². The first-order valence-corrected chi connectivity index (χ1v) is 10.2. The molecule has 0 bridgehead atoms. The maximum Gasteiger partial charge on any atom is 0.264 e. The van der Waals surface area contributed by atoms with Gasteiger partial charge in [0, 0.05) is 24.6 Å². The molecule has 3 heterocycles. The Morgan fingerprint density at radius 1 is 1.25 bits per heavy atom. The van der Waals surface area contributed by atoms with Gasteiger partial charge in [-0.2, -0.15) is 0 Å². The van der Waals surface area contributed by atoms with Crippen molar-refractivity contribution >= 4 is 23.2 Å². The lowest BCUT2D eigenvalue weighted by Crippen LogP contribution is -2.46. The van der Waals surface area contributed by atoms with Gasteiger partial charge in [0.05, 0.1) is 17.2 Å². The zero-order valence-electron chi connectivity index (χ0n) is 15.6. The van der Waals surface area contributed by atoms with Crippen molar-refractivity contribution < 1.29 is 9.59 Å². The third-order valence-corrected chi connectivity index (χ3v) is 5.96. The van der Waals surface area contributed by atoms with Gasteiger partial charge in [-0.15, -0.1) is 11.3 Å². The molecule has 0 saturated carbocycles. The molecule has 2 amide bonds. The minimum Gasteiger partial charge on any atom is -0.348 e. The number of aromatic nitrogens is 2. The second kappa shape index (κ2) is 7.98. The third kappa shape index (κ3) is 3.71. The molecule has 7 heteroatoms. The fourth-order valence-electron chi connectivity index (χ4n) is 3.56. The molecule has 28 heavy (non-hydrogen) atoms. The zero-order valence-corrected chi connectivity index (χ0v) is 16.4. The van der Waals surface area contributed by atoms with Gasteiger partial charge in [0.25, 0.3) is 5.91 Å². The Labute approximate surface area is 167 Å². The number of imidazole rings is 1. The van der Waals surface area contributed by atoms with Crippen LogP contribution in [-0.4, -0.2) is 38.9 Å². The summed E-state index contributed by atoms with van der Waals surface area (Å²) in [6.45, 7) is 2.59. The van der Waals surface area contributed by atoms with Crippen molar-refractivity contribution in [1.82, 2.24) is 19.8 Å². The summed E-state index contributed by atoms with van der Waals surface area (Å²) in [7, 11) is 0. The molecule has 4 rings (SSSR count). The Kier molecular flexibility index (Phi) is 5.25.